The molecule has 270 valence electrons. The van der Waals surface area contributed by atoms with Crippen LogP contribution in [0.1, 0.15) is 54.5 Å². The zero-order valence-electron chi connectivity index (χ0n) is 30.0. The molecule has 4 N–H and O–H groups in total. The van der Waals surface area contributed by atoms with Gasteiger partial charge in [-0.05, 0) is 55.3 Å². The minimum absolute atomic E-state index is 0.215. The van der Waals surface area contributed by atoms with Crippen molar-refractivity contribution in [3.05, 3.63) is 120 Å². The number of pyridine rings is 1. The van der Waals surface area contributed by atoms with Gasteiger partial charge in [0, 0.05) is 41.5 Å². The predicted molar refractivity (Wildman–Crippen MR) is 204 cm³/mol. The van der Waals surface area contributed by atoms with Crippen molar-refractivity contribution < 1.29 is 19.4 Å². The van der Waals surface area contributed by atoms with Crippen LogP contribution in [0.15, 0.2) is 97.5 Å². The van der Waals surface area contributed by atoms with Gasteiger partial charge in [-0.3, -0.25) is 10.1 Å². The first-order valence-electron chi connectivity index (χ1n) is 17.4. The van der Waals surface area contributed by atoms with E-state index in [9.17, 15) is 14.7 Å². The lowest BCUT2D eigenvalue weighted by Gasteiger charge is -2.15. The smallest absolute Gasteiger partial charge is 0.324 e. The van der Waals surface area contributed by atoms with Crippen LogP contribution in [0.4, 0.5) is 27.9 Å². The molecule has 3 amide bonds. The average molecular weight is 712 g/mol. The van der Waals surface area contributed by atoms with Crippen LogP contribution in [0.25, 0.3) is 16.5 Å². The SMILES string of the molecule is Cc1ccc(-n2nc(C(C)(C)C)cc2NC(=O)Nc2ccc(OCc3ccnc(Nc4cnc(C(=O)N5CC[C@H](O)C5)cn4)c3)c3ccccc23)cc1. The highest BCUT2D eigenvalue weighted by atomic mass is 16.5. The monoisotopic (exact) mass is 711 g/mol. The fourth-order valence-corrected chi connectivity index (χ4v) is 6.01. The Kier molecular flexibility index (Phi) is 9.74. The Hall–Kier alpha value is -6.34. The fourth-order valence-electron chi connectivity index (χ4n) is 6.01. The number of ether oxygens (including phenoxy) is 1. The van der Waals surface area contributed by atoms with Crippen molar-refractivity contribution in [1.82, 2.24) is 29.6 Å². The van der Waals surface area contributed by atoms with Gasteiger partial charge in [0.25, 0.3) is 5.91 Å². The number of likely N-dealkylation sites (tertiary alicyclic amines) is 1. The molecule has 1 atom stereocenters. The van der Waals surface area contributed by atoms with Gasteiger partial charge in [-0.1, -0.05) is 62.7 Å². The maximum atomic E-state index is 13.5. The first-order valence-corrected chi connectivity index (χ1v) is 17.4. The van der Waals surface area contributed by atoms with E-state index in [0.717, 1.165) is 33.3 Å². The Morgan fingerprint density at radius 3 is 2.42 bits per heavy atom. The molecule has 0 aliphatic carbocycles. The molecule has 1 fully saturated rings. The van der Waals surface area contributed by atoms with E-state index < -0.39 is 12.1 Å². The number of nitrogens with one attached hydrogen (secondary N) is 3. The Labute approximate surface area is 307 Å². The minimum atomic E-state index is -0.501. The molecule has 7 rings (SSSR count). The summed E-state index contributed by atoms with van der Waals surface area (Å²) in [5, 5.41) is 25.4. The summed E-state index contributed by atoms with van der Waals surface area (Å²) in [5.41, 5.74) is 4.33. The molecule has 1 saturated heterocycles. The van der Waals surface area contributed by atoms with Crippen molar-refractivity contribution >= 4 is 45.9 Å². The summed E-state index contributed by atoms with van der Waals surface area (Å²) < 4.78 is 8.04. The van der Waals surface area contributed by atoms with Crippen LogP contribution in [0.5, 0.6) is 5.75 Å². The number of amides is 3. The first-order chi connectivity index (χ1) is 25.5. The van der Waals surface area contributed by atoms with Gasteiger partial charge in [0.1, 0.15) is 35.5 Å². The molecule has 0 spiro atoms. The zero-order valence-corrected chi connectivity index (χ0v) is 30.0. The lowest BCUT2D eigenvalue weighted by Crippen LogP contribution is -2.30. The van der Waals surface area contributed by atoms with Crippen molar-refractivity contribution in [2.45, 2.75) is 52.2 Å². The van der Waals surface area contributed by atoms with Gasteiger partial charge in [0.05, 0.1) is 35.6 Å². The molecule has 1 aliphatic rings. The summed E-state index contributed by atoms with van der Waals surface area (Å²) in [6.45, 7) is 9.34. The molecule has 0 bridgehead atoms. The van der Waals surface area contributed by atoms with Gasteiger partial charge in [-0.25, -0.2) is 24.4 Å². The number of urea groups is 1. The number of aryl methyl sites for hydroxylation is 1. The fraction of sp³-hybridized carbons (Fsp3) is 0.250. The highest BCUT2D eigenvalue weighted by Crippen LogP contribution is 2.33. The summed E-state index contributed by atoms with van der Waals surface area (Å²) in [4.78, 5) is 40.7. The van der Waals surface area contributed by atoms with Gasteiger partial charge in [0.15, 0.2) is 0 Å². The lowest BCUT2D eigenvalue weighted by atomic mass is 9.92. The van der Waals surface area contributed by atoms with Crippen molar-refractivity contribution in [3.63, 3.8) is 0 Å². The van der Waals surface area contributed by atoms with E-state index in [2.05, 4.69) is 51.7 Å². The van der Waals surface area contributed by atoms with Gasteiger partial charge >= 0.3 is 6.03 Å². The number of fused-ring (bicyclic) bond motifs is 1. The third-order valence-corrected chi connectivity index (χ3v) is 8.93. The van der Waals surface area contributed by atoms with E-state index in [1.165, 1.54) is 12.4 Å². The number of aliphatic hydroxyl groups excluding tert-OH is 1. The molecule has 13 nitrogen and oxygen atoms in total. The second-order valence-corrected chi connectivity index (χ2v) is 14.1. The van der Waals surface area contributed by atoms with Crippen LogP contribution >= 0.6 is 0 Å². The maximum Gasteiger partial charge on any atom is 0.324 e. The second-order valence-electron chi connectivity index (χ2n) is 14.1. The molecule has 0 radical (unpaired) electrons. The summed E-state index contributed by atoms with van der Waals surface area (Å²) in [5.74, 6) is 1.93. The average Bonchev–Trinajstić information content (AvgIpc) is 3.78. The van der Waals surface area contributed by atoms with Crippen molar-refractivity contribution in [2.75, 3.05) is 29.0 Å². The Morgan fingerprint density at radius 1 is 0.906 bits per heavy atom. The van der Waals surface area contributed by atoms with Gasteiger partial charge in [-0.15, -0.1) is 0 Å². The number of rotatable bonds is 9. The van der Waals surface area contributed by atoms with Crippen LogP contribution in [-0.2, 0) is 12.0 Å². The quantitative estimate of drug-likeness (QED) is 0.124. The van der Waals surface area contributed by atoms with E-state index in [4.69, 9.17) is 9.84 Å². The van der Waals surface area contributed by atoms with Crippen molar-refractivity contribution in [2.24, 2.45) is 0 Å². The number of benzene rings is 3. The van der Waals surface area contributed by atoms with Crippen LogP contribution in [0.2, 0.25) is 0 Å². The number of aromatic nitrogens is 5. The Morgan fingerprint density at radius 2 is 1.70 bits per heavy atom. The Balaban J connectivity index is 1.02. The number of carbonyl (C=O) groups excluding carboxylic acids is 2. The van der Waals surface area contributed by atoms with Crippen LogP contribution < -0.4 is 20.7 Å². The number of β-amino-alcohol motifs (C(OH)–C–C–N with tert-alkyl or cyclic N) is 1. The molecule has 3 aromatic carbocycles. The van der Waals surface area contributed by atoms with E-state index >= 15 is 0 Å². The highest BCUT2D eigenvalue weighted by molar-refractivity contribution is 6.07. The molecule has 1 aliphatic heterocycles. The van der Waals surface area contributed by atoms with E-state index in [1.54, 1.807) is 15.8 Å². The molecular weight excluding hydrogens is 670 g/mol. The van der Waals surface area contributed by atoms with Gasteiger partial charge < -0.3 is 25.4 Å². The van der Waals surface area contributed by atoms with Gasteiger partial charge in [-0.2, -0.15) is 5.10 Å². The topological polar surface area (TPSA) is 159 Å². The summed E-state index contributed by atoms with van der Waals surface area (Å²) in [6, 6.07) is 24.6. The minimum Gasteiger partial charge on any atom is -0.488 e. The molecular formula is C40H41N9O4. The largest absolute Gasteiger partial charge is 0.488 e. The maximum absolute atomic E-state index is 13.5. The van der Waals surface area contributed by atoms with Crippen molar-refractivity contribution in [3.8, 4) is 11.4 Å². The number of hydrogen-bond donors (Lipinski definition) is 4. The van der Waals surface area contributed by atoms with E-state index in [0.29, 0.717) is 48.4 Å². The molecule has 4 heterocycles. The number of carbonyl (C=O) groups is 2. The number of anilines is 4. The standard InChI is InChI=1S/C40H41N9O4/c1-25-9-11-27(12-10-25)49-37(20-34(47-49)40(2,3)4)46-39(52)44-31-13-14-33(30-8-6-5-7-29(30)31)53-24-26-15-17-41-35(19-26)45-36-22-42-32(21-43-36)38(51)48-18-16-28(50)23-48/h5-15,17,19-22,28,50H,16,18,23-24H2,1-4H3,(H,41,43,45)(H2,44,46,52)/t28-/m0/s1. The molecule has 0 saturated carbocycles. The van der Waals surface area contributed by atoms with Gasteiger partial charge in [0.2, 0.25) is 0 Å². The van der Waals surface area contributed by atoms with Crippen LogP contribution in [0.3, 0.4) is 0 Å². The first kappa shape index (κ1) is 35.1. The van der Waals surface area contributed by atoms with E-state index in [1.807, 2.05) is 85.8 Å². The lowest BCUT2D eigenvalue weighted by molar-refractivity contribution is 0.0759. The molecule has 6 aromatic rings. The summed E-state index contributed by atoms with van der Waals surface area (Å²) in [7, 11) is 0. The third-order valence-electron chi connectivity index (χ3n) is 8.93. The van der Waals surface area contributed by atoms with Crippen LogP contribution in [0, 0.1) is 6.92 Å². The van der Waals surface area contributed by atoms with Crippen molar-refractivity contribution in [1.29, 1.82) is 0 Å². The molecule has 3 aromatic heterocycles. The number of nitrogens with zero attached hydrogens (tertiary/aromatic N) is 6. The second kappa shape index (κ2) is 14.7. The summed E-state index contributed by atoms with van der Waals surface area (Å²) in [6.07, 6.45) is 4.63. The molecule has 53 heavy (non-hydrogen) atoms. The highest BCUT2D eigenvalue weighted by Gasteiger charge is 2.26. The zero-order chi connectivity index (χ0) is 37.1. The Bertz CT molecular complexity index is 2260. The molecule has 13 heteroatoms. The van der Waals surface area contributed by atoms with Crippen LogP contribution in [-0.4, -0.2) is 65.9 Å². The molecule has 0 unspecified atom stereocenters. The van der Waals surface area contributed by atoms with E-state index in [-0.39, 0.29) is 23.6 Å². The number of aliphatic hydroxyl groups is 1. The predicted octanol–water partition coefficient (Wildman–Crippen LogP) is 6.99. The number of hydrogen-bond acceptors (Lipinski definition) is 9. The summed E-state index contributed by atoms with van der Waals surface area (Å²) >= 11 is 0. The third kappa shape index (κ3) is 8.10. The normalized spacial score (nSPS) is 14.3.